The molecule has 22 heteroatoms. The third kappa shape index (κ3) is 19.7. The van der Waals surface area contributed by atoms with Gasteiger partial charge in [-0.15, -0.1) is 0 Å². The van der Waals surface area contributed by atoms with Gasteiger partial charge in [0.15, 0.2) is 4.90 Å². The average molecular weight is 1280 g/mol. The highest BCUT2D eigenvalue weighted by atomic mass is 32.2. The summed E-state index contributed by atoms with van der Waals surface area (Å²) < 4.78 is 89.4. The van der Waals surface area contributed by atoms with E-state index in [1.807, 2.05) is 55.5 Å². The number of nitrogens with zero attached hydrogens (tertiary/aromatic N) is 1. The number of nitrogens with one attached hydrogen (secondary N) is 3. The lowest BCUT2D eigenvalue weighted by atomic mass is 10.0. The number of hydrogen-bond acceptors (Lipinski definition) is 12. The first kappa shape index (κ1) is 67.3. The summed E-state index contributed by atoms with van der Waals surface area (Å²) in [6, 6.07) is 60.0. The molecule has 9 aromatic rings. The quantitative estimate of drug-likeness (QED) is 0.0217. The van der Waals surface area contributed by atoms with Gasteiger partial charge in [-0.3, -0.25) is 24.3 Å². The fourth-order valence-electron chi connectivity index (χ4n) is 9.32. The zero-order valence-corrected chi connectivity index (χ0v) is 51.5. The van der Waals surface area contributed by atoms with Crippen molar-refractivity contribution in [2.24, 2.45) is 0 Å². The molecule has 0 aliphatic carbocycles. The molecule has 0 amide bonds. The number of nitro groups is 1. The van der Waals surface area contributed by atoms with Crippen LogP contribution < -0.4 is 18.9 Å². The van der Waals surface area contributed by atoms with E-state index in [4.69, 9.17) is 20.1 Å². The molecule has 6 N–H and O–H groups in total. The average Bonchev–Trinajstić information content (AvgIpc) is 1.01. The van der Waals surface area contributed by atoms with Crippen LogP contribution in [0.1, 0.15) is 89.3 Å². The van der Waals surface area contributed by atoms with Crippen molar-refractivity contribution in [1.82, 2.24) is 0 Å². The molecule has 0 aromatic heterocycles. The zero-order valence-electron chi connectivity index (χ0n) is 49.1. The topological polar surface area (TPSA) is 303 Å². The van der Waals surface area contributed by atoms with E-state index < -0.39 is 63.5 Å². The second-order valence-corrected chi connectivity index (χ2v) is 25.6. The van der Waals surface area contributed by atoms with Gasteiger partial charge in [-0.25, -0.2) is 39.6 Å². The van der Waals surface area contributed by atoms with Crippen molar-refractivity contribution in [1.29, 1.82) is 0 Å². The normalized spacial score (nSPS) is 11.1. The molecule has 0 saturated heterocycles. The van der Waals surface area contributed by atoms with E-state index in [2.05, 4.69) is 14.2 Å². The van der Waals surface area contributed by atoms with Crippen molar-refractivity contribution >= 4 is 70.7 Å². The molecule has 0 radical (unpaired) electrons. The Balaban J connectivity index is 0.000000192. The molecule has 0 fully saturated rings. The number of nitro benzene ring substituents is 1. The minimum atomic E-state index is -4.15. The molecular weight excluding hydrogens is 1210 g/mol. The summed E-state index contributed by atoms with van der Waals surface area (Å²) in [6.07, 6.45) is 6.50. The fraction of sp³-hybridized carbons (Fsp3) is 0.162. The predicted molar refractivity (Wildman–Crippen MR) is 345 cm³/mol. The van der Waals surface area contributed by atoms with Crippen LogP contribution in [-0.4, -0.2) is 70.5 Å². The van der Waals surface area contributed by atoms with E-state index in [0.717, 1.165) is 70.7 Å². The number of hydrogen-bond donors (Lipinski definition) is 6. The standard InChI is InChI=1S/C23H23NO5S.C23H23NO4S.C22H20N2O6S/c1-29-20-13-15-21(16-14-20)30(27,28)24-22-8-3-2-6-18(22)7-4-5-17-9-11-19(12-10-17)23(25)26;1-17-9-15-21(16-10-17)29(27,28)24-22-8-3-2-6-19(22)7-4-5-18-11-13-20(14-12-18)23(25)26;25-22(26)18-14-12-16(13-15-18)6-5-8-17-7-1-2-9-19(17)23-31(29,30)21-11-4-3-10-20(21)24(27)28/h2-3,6,8-16,24H,4-5,7H2,1H3,(H,25,26);2-3,6,8-16,24H,4-5,7H2,1H3,(H,25,26);1-4,7,9-15,23H,5-6,8H2,(H,25,26). The summed E-state index contributed by atoms with van der Waals surface area (Å²) in [7, 11) is -9.98. The molecule has 0 bridgehead atoms. The number of benzene rings is 9. The Bertz CT molecular complexity index is 4280. The third-order valence-electron chi connectivity index (χ3n) is 14.2. The Hall–Kier alpha value is -10.2. The number of carboxylic acids is 3. The number of aryl methyl sites for hydroxylation is 7. The van der Waals surface area contributed by atoms with Crippen LogP contribution in [0, 0.1) is 17.0 Å². The molecule has 0 unspecified atom stereocenters. The summed E-state index contributed by atoms with van der Waals surface area (Å²) in [5.41, 5.74) is 8.39. The Kier molecular flexibility index (Phi) is 23.7. The molecule has 0 atom stereocenters. The van der Waals surface area contributed by atoms with Crippen molar-refractivity contribution in [3.8, 4) is 5.75 Å². The molecule has 9 aromatic carbocycles. The largest absolute Gasteiger partial charge is 0.497 e. The minimum absolute atomic E-state index is 0.164. The molecule has 90 heavy (non-hydrogen) atoms. The zero-order chi connectivity index (χ0) is 64.8. The number of aromatic carboxylic acids is 3. The molecular formula is C68H66N4O15S3. The van der Waals surface area contributed by atoms with Gasteiger partial charge in [0.2, 0.25) is 0 Å². The lowest BCUT2D eigenvalue weighted by Gasteiger charge is -2.13. The van der Waals surface area contributed by atoms with Gasteiger partial charge in [0.1, 0.15) is 5.75 Å². The summed E-state index contributed by atoms with van der Waals surface area (Å²) in [5, 5.41) is 38.1. The van der Waals surface area contributed by atoms with Crippen LogP contribution >= 0.6 is 0 Å². The van der Waals surface area contributed by atoms with E-state index >= 15 is 0 Å². The first-order chi connectivity index (χ1) is 43.0. The maximum Gasteiger partial charge on any atom is 0.335 e. The van der Waals surface area contributed by atoms with Gasteiger partial charge in [0.05, 0.1) is 55.6 Å². The van der Waals surface area contributed by atoms with E-state index in [9.17, 15) is 49.8 Å². The summed E-state index contributed by atoms with van der Waals surface area (Å²) in [6.45, 7) is 1.91. The number of rotatable bonds is 26. The van der Waals surface area contributed by atoms with Crippen molar-refractivity contribution in [2.75, 3.05) is 21.3 Å². The van der Waals surface area contributed by atoms with Crippen LogP contribution in [0.3, 0.4) is 0 Å². The number of ether oxygens (including phenoxy) is 1. The number of para-hydroxylation sites is 4. The summed E-state index contributed by atoms with van der Waals surface area (Å²) in [4.78, 5) is 43.3. The Labute approximate surface area is 523 Å². The SMILES string of the molecule is COc1ccc(S(=O)(=O)Nc2ccccc2CCCc2ccc(C(=O)O)cc2)cc1.Cc1ccc(S(=O)(=O)Nc2ccccc2CCCc2ccc(C(=O)O)cc2)cc1.O=C(O)c1ccc(CCCc2ccccc2NS(=O)(=O)c2ccccc2[N+](=O)[O-])cc1. The van der Waals surface area contributed by atoms with E-state index in [0.29, 0.717) is 54.9 Å². The lowest BCUT2D eigenvalue weighted by Crippen LogP contribution is -2.15. The van der Waals surface area contributed by atoms with Gasteiger partial charge in [-0.1, -0.05) is 121 Å². The fourth-order valence-corrected chi connectivity index (χ4v) is 12.8. The predicted octanol–water partition coefficient (Wildman–Crippen LogP) is 13.3. The monoisotopic (exact) mass is 1270 g/mol. The molecule has 9 rings (SSSR count). The van der Waals surface area contributed by atoms with Crippen LogP contribution in [0.15, 0.2) is 233 Å². The van der Waals surface area contributed by atoms with Gasteiger partial charge in [-0.2, -0.15) is 0 Å². The molecule has 0 aliphatic rings. The number of sulfonamides is 3. The number of carbonyl (C=O) groups is 3. The Morgan fingerprint density at radius 2 is 0.722 bits per heavy atom. The lowest BCUT2D eigenvalue weighted by molar-refractivity contribution is -0.387. The van der Waals surface area contributed by atoms with Crippen LogP contribution in [0.25, 0.3) is 0 Å². The molecule has 0 saturated carbocycles. The first-order valence-corrected chi connectivity index (χ1v) is 32.7. The van der Waals surface area contributed by atoms with Crippen LogP contribution in [0.4, 0.5) is 22.7 Å². The molecule has 0 heterocycles. The third-order valence-corrected chi connectivity index (χ3v) is 18.4. The molecule has 19 nitrogen and oxygen atoms in total. The van der Waals surface area contributed by atoms with Crippen molar-refractivity contribution in [3.63, 3.8) is 0 Å². The van der Waals surface area contributed by atoms with E-state index in [-0.39, 0.29) is 26.5 Å². The van der Waals surface area contributed by atoms with Gasteiger partial charge in [0, 0.05) is 6.07 Å². The van der Waals surface area contributed by atoms with Gasteiger partial charge in [0.25, 0.3) is 35.8 Å². The molecule has 466 valence electrons. The second-order valence-electron chi connectivity index (χ2n) is 20.6. The second kappa shape index (κ2) is 31.7. The van der Waals surface area contributed by atoms with Gasteiger partial charge < -0.3 is 20.1 Å². The number of carboxylic acid groups (broad SMARTS) is 3. The first-order valence-electron chi connectivity index (χ1n) is 28.2. The van der Waals surface area contributed by atoms with Gasteiger partial charge >= 0.3 is 17.9 Å². The maximum absolute atomic E-state index is 12.8. The molecule has 0 aliphatic heterocycles. The highest BCUT2D eigenvalue weighted by molar-refractivity contribution is 7.93. The highest BCUT2D eigenvalue weighted by Crippen LogP contribution is 2.29. The summed E-state index contributed by atoms with van der Waals surface area (Å²) in [5.74, 6) is -2.27. The van der Waals surface area contributed by atoms with Crippen LogP contribution in [0.2, 0.25) is 0 Å². The summed E-state index contributed by atoms with van der Waals surface area (Å²) >= 11 is 0. The van der Waals surface area contributed by atoms with Crippen molar-refractivity contribution in [3.05, 3.63) is 284 Å². The van der Waals surface area contributed by atoms with E-state index in [1.54, 1.807) is 133 Å². The number of methoxy groups -OCH3 is 1. The minimum Gasteiger partial charge on any atom is -0.497 e. The van der Waals surface area contributed by atoms with Crippen LogP contribution in [-0.2, 0) is 68.6 Å². The van der Waals surface area contributed by atoms with Gasteiger partial charge in [-0.05, 0) is 195 Å². The van der Waals surface area contributed by atoms with Crippen LogP contribution in [0.5, 0.6) is 5.75 Å². The van der Waals surface area contributed by atoms with Crippen molar-refractivity contribution in [2.45, 2.75) is 79.4 Å². The molecule has 0 spiro atoms. The maximum atomic E-state index is 12.8. The number of anilines is 3. The Morgan fingerprint density at radius 3 is 1.06 bits per heavy atom. The highest BCUT2D eigenvalue weighted by Gasteiger charge is 2.26. The Morgan fingerprint density at radius 1 is 0.411 bits per heavy atom. The smallest absolute Gasteiger partial charge is 0.335 e. The van der Waals surface area contributed by atoms with E-state index in [1.165, 1.54) is 37.4 Å². The van der Waals surface area contributed by atoms with Crippen molar-refractivity contribution < 1.29 is 64.6 Å².